The molecule has 0 unspecified atom stereocenters. The van der Waals surface area contributed by atoms with E-state index in [1.54, 1.807) is 24.3 Å². The molecule has 148 valence electrons. The van der Waals surface area contributed by atoms with E-state index >= 15 is 0 Å². The van der Waals surface area contributed by atoms with Crippen molar-refractivity contribution in [2.45, 2.75) is 24.9 Å². The smallest absolute Gasteiger partial charge is 0.251 e. The van der Waals surface area contributed by atoms with Crippen molar-refractivity contribution in [1.82, 2.24) is 10.2 Å². The van der Waals surface area contributed by atoms with E-state index in [2.05, 4.69) is 10.2 Å². The summed E-state index contributed by atoms with van der Waals surface area (Å²) in [7, 11) is -3.14. The summed E-state index contributed by atoms with van der Waals surface area (Å²) in [6.07, 6.45) is 2.16. The molecule has 2 heterocycles. The Morgan fingerprint density at radius 1 is 0.964 bits per heavy atom. The molecule has 2 saturated heterocycles. The van der Waals surface area contributed by atoms with Gasteiger partial charge in [0.1, 0.15) is 11.5 Å². The highest BCUT2D eigenvalue weighted by molar-refractivity contribution is 7.91. The predicted octanol–water partition coefficient (Wildman–Crippen LogP) is 2.47. The molecule has 0 aliphatic carbocycles. The molecule has 4 rings (SSSR count). The zero-order valence-electron chi connectivity index (χ0n) is 15.6. The van der Waals surface area contributed by atoms with Crippen LogP contribution in [0.15, 0.2) is 54.6 Å². The number of nitrogens with zero attached hydrogens (tertiary/aromatic N) is 1. The van der Waals surface area contributed by atoms with Crippen LogP contribution in [0.4, 0.5) is 0 Å². The highest BCUT2D eigenvalue weighted by atomic mass is 32.2. The summed E-state index contributed by atoms with van der Waals surface area (Å²) in [6, 6.07) is 15.8. The monoisotopic (exact) mass is 400 g/mol. The standard InChI is InChI=1S/C21H24N2O4S/c24-21(16-7-6-10-18(13-16)27-17-8-2-1-3-9-17)22-19-14-28(25,26)15-20(19)23-11-4-5-12-23/h1-3,6-10,13,19-20H,4-5,11-12,14-15H2,(H,22,24)/t19-,20+/m0/s1. The van der Waals surface area contributed by atoms with Gasteiger partial charge in [-0.3, -0.25) is 9.69 Å². The van der Waals surface area contributed by atoms with Gasteiger partial charge in [-0.2, -0.15) is 0 Å². The lowest BCUT2D eigenvalue weighted by Crippen LogP contribution is -2.50. The van der Waals surface area contributed by atoms with Crippen LogP contribution in [0.25, 0.3) is 0 Å². The molecule has 0 aromatic heterocycles. The van der Waals surface area contributed by atoms with Crippen molar-refractivity contribution >= 4 is 15.7 Å². The summed E-state index contributed by atoms with van der Waals surface area (Å²) in [5, 5.41) is 2.95. The number of hydrogen-bond donors (Lipinski definition) is 1. The van der Waals surface area contributed by atoms with Crippen molar-refractivity contribution in [1.29, 1.82) is 0 Å². The van der Waals surface area contributed by atoms with Gasteiger partial charge in [-0.05, 0) is 56.3 Å². The molecule has 0 saturated carbocycles. The largest absolute Gasteiger partial charge is 0.457 e. The number of likely N-dealkylation sites (tertiary alicyclic amines) is 1. The third-order valence-corrected chi connectivity index (χ3v) is 7.04. The quantitative estimate of drug-likeness (QED) is 0.835. The zero-order chi connectivity index (χ0) is 19.6. The van der Waals surface area contributed by atoms with Crippen LogP contribution in [0.2, 0.25) is 0 Å². The minimum atomic E-state index is -3.14. The minimum absolute atomic E-state index is 0.000112. The third kappa shape index (κ3) is 4.36. The van der Waals surface area contributed by atoms with Crippen molar-refractivity contribution in [2.24, 2.45) is 0 Å². The Labute approximate surface area is 165 Å². The van der Waals surface area contributed by atoms with Gasteiger partial charge in [-0.15, -0.1) is 0 Å². The highest BCUT2D eigenvalue weighted by Crippen LogP contribution is 2.24. The highest BCUT2D eigenvalue weighted by Gasteiger charge is 2.42. The number of sulfone groups is 1. The minimum Gasteiger partial charge on any atom is -0.457 e. The maximum Gasteiger partial charge on any atom is 0.251 e. The predicted molar refractivity (Wildman–Crippen MR) is 107 cm³/mol. The van der Waals surface area contributed by atoms with Crippen LogP contribution >= 0.6 is 0 Å². The van der Waals surface area contributed by atoms with Gasteiger partial charge < -0.3 is 10.1 Å². The number of rotatable bonds is 5. The van der Waals surface area contributed by atoms with Crippen LogP contribution in [-0.4, -0.2) is 55.9 Å². The Hall–Kier alpha value is -2.38. The summed E-state index contributed by atoms with van der Waals surface area (Å²) in [5.41, 5.74) is 0.456. The number of amides is 1. The molecule has 2 atom stereocenters. The van der Waals surface area contributed by atoms with Crippen LogP contribution in [0.3, 0.4) is 0 Å². The number of carbonyl (C=O) groups is 1. The van der Waals surface area contributed by atoms with E-state index in [4.69, 9.17) is 4.74 Å². The molecule has 6 nitrogen and oxygen atoms in total. The molecule has 0 radical (unpaired) electrons. The molecule has 2 aromatic rings. The van der Waals surface area contributed by atoms with Gasteiger partial charge in [-0.1, -0.05) is 24.3 Å². The van der Waals surface area contributed by atoms with Gasteiger partial charge in [0.2, 0.25) is 0 Å². The van der Waals surface area contributed by atoms with Crippen molar-refractivity contribution in [2.75, 3.05) is 24.6 Å². The molecule has 1 N–H and O–H groups in total. The molecule has 2 aliphatic heterocycles. The topological polar surface area (TPSA) is 75.7 Å². The average molecular weight is 401 g/mol. The fraction of sp³-hybridized carbons (Fsp3) is 0.381. The maximum absolute atomic E-state index is 12.8. The lowest BCUT2D eigenvalue weighted by Gasteiger charge is -2.28. The first kappa shape index (κ1) is 19.0. The molecule has 2 aromatic carbocycles. The second kappa shape index (κ2) is 7.93. The maximum atomic E-state index is 12.8. The van der Waals surface area contributed by atoms with Gasteiger partial charge in [-0.25, -0.2) is 8.42 Å². The first-order valence-electron chi connectivity index (χ1n) is 9.58. The molecule has 0 bridgehead atoms. The average Bonchev–Trinajstić information content (AvgIpc) is 3.30. The number of carbonyl (C=O) groups excluding carboxylic acids is 1. The van der Waals surface area contributed by atoms with E-state index in [1.807, 2.05) is 30.3 Å². The van der Waals surface area contributed by atoms with Gasteiger partial charge in [0.15, 0.2) is 9.84 Å². The fourth-order valence-corrected chi connectivity index (χ4v) is 5.93. The molecular formula is C21H24N2O4S. The van der Waals surface area contributed by atoms with Crippen molar-refractivity contribution < 1.29 is 17.9 Å². The zero-order valence-corrected chi connectivity index (χ0v) is 16.4. The Balaban J connectivity index is 1.47. The summed E-state index contributed by atoms with van der Waals surface area (Å²) in [4.78, 5) is 15.0. The lowest BCUT2D eigenvalue weighted by atomic mass is 10.1. The van der Waals surface area contributed by atoms with Crippen LogP contribution in [0, 0.1) is 0 Å². The number of ether oxygens (including phenoxy) is 1. The SMILES string of the molecule is O=C(N[C@H]1CS(=O)(=O)C[C@H]1N1CCCC1)c1cccc(Oc2ccccc2)c1. The molecule has 2 aliphatic rings. The van der Waals surface area contributed by atoms with Crippen LogP contribution < -0.4 is 10.1 Å². The van der Waals surface area contributed by atoms with Crippen molar-refractivity contribution in [3.05, 3.63) is 60.2 Å². The Morgan fingerprint density at radius 2 is 1.68 bits per heavy atom. The number of benzene rings is 2. The van der Waals surface area contributed by atoms with Gasteiger partial charge in [0.25, 0.3) is 5.91 Å². The first-order chi connectivity index (χ1) is 13.5. The first-order valence-corrected chi connectivity index (χ1v) is 11.4. The molecular weight excluding hydrogens is 376 g/mol. The summed E-state index contributed by atoms with van der Waals surface area (Å²) in [5.74, 6) is 1.10. The van der Waals surface area contributed by atoms with Crippen LogP contribution in [-0.2, 0) is 9.84 Å². The molecule has 2 fully saturated rings. The van der Waals surface area contributed by atoms with E-state index in [0.29, 0.717) is 17.1 Å². The Kier molecular flexibility index (Phi) is 5.37. The van der Waals surface area contributed by atoms with Crippen molar-refractivity contribution in [3.63, 3.8) is 0 Å². The van der Waals surface area contributed by atoms with E-state index in [1.165, 1.54) is 0 Å². The van der Waals surface area contributed by atoms with Gasteiger partial charge in [0.05, 0.1) is 17.5 Å². The second-order valence-corrected chi connectivity index (χ2v) is 9.56. The van der Waals surface area contributed by atoms with Crippen molar-refractivity contribution in [3.8, 4) is 11.5 Å². The van der Waals surface area contributed by atoms with Crippen LogP contribution in [0.1, 0.15) is 23.2 Å². The van der Waals surface area contributed by atoms with Gasteiger partial charge in [0, 0.05) is 11.6 Å². The van der Waals surface area contributed by atoms with E-state index in [0.717, 1.165) is 25.9 Å². The van der Waals surface area contributed by atoms with E-state index < -0.39 is 9.84 Å². The number of nitrogens with one attached hydrogen (secondary N) is 1. The molecule has 28 heavy (non-hydrogen) atoms. The van der Waals surface area contributed by atoms with E-state index in [-0.39, 0.29) is 29.5 Å². The normalized spacial score (nSPS) is 24.1. The number of hydrogen-bond acceptors (Lipinski definition) is 5. The summed E-state index contributed by atoms with van der Waals surface area (Å²) < 4.78 is 30.2. The summed E-state index contributed by atoms with van der Waals surface area (Å²) in [6.45, 7) is 1.79. The summed E-state index contributed by atoms with van der Waals surface area (Å²) >= 11 is 0. The Bertz CT molecular complexity index is 940. The third-order valence-electron chi connectivity index (χ3n) is 5.32. The molecule has 7 heteroatoms. The fourth-order valence-electron chi connectivity index (χ4n) is 3.98. The van der Waals surface area contributed by atoms with Gasteiger partial charge >= 0.3 is 0 Å². The Morgan fingerprint density at radius 3 is 2.43 bits per heavy atom. The number of para-hydroxylation sites is 1. The lowest BCUT2D eigenvalue weighted by molar-refractivity contribution is 0.0918. The molecule has 0 spiro atoms. The molecule has 1 amide bonds. The van der Waals surface area contributed by atoms with Crippen LogP contribution in [0.5, 0.6) is 11.5 Å². The van der Waals surface area contributed by atoms with E-state index in [9.17, 15) is 13.2 Å². The second-order valence-electron chi connectivity index (χ2n) is 7.41.